The number of thiazole rings is 1. The van der Waals surface area contributed by atoms with Gasteiger partial charge in [0, 0.05) is 61.2 Å². The number of nitrogens with one attached hydrogen (secondary N) is 2. The van der Waals surface area contributed by atoms with E-state index in [0.717, 1.165) is 52.4 Å². The van der Waals surface area contributed by atoms with E-state index in [0.29, 0.717) is 52.9 Å². The van der Waals surface area contributed by atoms with Gasteiger partial charge in [-0.25, -0.2) is 4.98 Å². The third-order valence-electron chi connectivity index (χ3n) is 12.3. The number of fused-ring (bicyclic) bond motifs is 2. The van der Waals surface area contributed by atoms with Gasteiger partial charge in [0.05, 0.1) is 38.9 Å². The van der Waals surface area contributed by atoms with Gasteiger partial charge in [-0.2, -0.15) is 0 Å². The molecule has 0 radical (unpaired) electrons. The topological polar surface area (TPSA) is 183 Å². The van der Waals surface area contributed by atoms with E-state index in [1.165, 1.54) is 4.90 Å². The van der Waals surface area contributed by atoms with Crippen molar-refractivity contribution in [3.05, 3.63) is 93.9 Å². The molecule has 312 valence electrons. The smallest absolute Gasteiger partial charge is 0.254 e. The number of aliphatic hydroxyl groups is 1. The summed E-state index contributed by atoms with van der Waals surface area (Å²) in [6, 6.07) is 17.8. The molecule has 60 heavy (non-hydrogen) atoms. The molecule has 1 saturated carbocycles. The summed E-state index contributed by atoms with van der Waals surface area (Å²) < 4.78 is 11.7. The number of aryl methyl sites for hydroxylation is 1. The summed E-state index contributed by atoms with van der Waals surface area (Å²) in [5.41, 5.74) is 7.78. The van der Waals surface area contributed by atoms with Crippen LogP contribution >= 0.6 is 22.9 Å². The number of hydrogen-bond acceptors (Lipinski definition) is 12. The minimum Gasteiger partial charge on any atom is -0.506 e. The van der Waals surface area contributed by atoms with Crippen LogP contribution in [0, 0.1) is 24.7 Å². The number of carbonyl (C=O) groups excluding carboxylic acids is 2. The van der Waals surface area contributed by atoms with Crippen LogP contribution in [0.5, 0.6) is 11.6 Å². The molecular weight excluding hydrogens is 804 g/mol. The van der Waals surface area contributed by atoms with Gasteiger partial charge < -0.3 is 34.7 Å². The summed E-state index contributed by atoms with van der Waals surface area (Å²) in [5.74, 6) is 0.634. The number of piperidine rings is 1. The molecular formula is C44H47ClN8O6S. The summed E-state index contributed by atoms with van der Waals surface area (Å²) >= 11 is 7.71. The average molecular weight is 851 g/mol. The number of aliphatic hydroxyl groups excluding tert-OH is 1. The predicted octanol–water partition coefficient (Wildman–Crippen LogP) is 6.71. The molecule has 4 N–H and O–H groups in total. The van der Waals surface area contributed by atoms with Crippen LogP contribution in [0.3, 0.4) is 0 Å². The fourth-order valence-electron chi connectivity index (χ4n) is 9.13. The fourth-order valence-corrected chi connectivity index (χ4v) is 10.1. The number of aromatic nitrogens is 5. The first-order chi connectivity index (χ1) is 28.9. The number of likely N-dealkylation sites (tertiary alicyclic amines) is 2. The van der Waals surface area contributed by atoms with Gasteiger partial charge >= 0.3 is 0 Å². The van der Waals surface area contributed by atoms with Crippen LogP contribution < -0.4 is 10.1 Å². The lowest BCUT2D eigenvalue weighted by atomic mass is 9.91. The van der Waals surface area contributed by atoms with Gasteiger partial charge in [-0.3, -0.25) is 14.5 Å². The Morgan fingerprint density at radius 2 is 1.85 bits per heavy atom. The average Bonchev–Trinajstić information content (AvgIpc) is 3.92. The van der Waals surface area contributed by atoms with Crippen LogP contribution in [-0.2, 0) is 9.59 Å². The van der Waals surface area contributed by atoms with Crippen LogP contribution in [0.1, 0.15) is 67.8 Å². The number of halogens is 1. The minimum atomic E-state index is -0.826. The molecule has 2 saturated heterocycles. The van der Waals surface area contributed by atoms with E-state index in [4.69, 9.17) is 20.9 Å². The lowest BCUT2D eigenvalue weighted by Crippen LogP contribution is -2.48. The number of benzene rings is 2. The highest BCUT2D eigenvalue weighted by atomic mass is 35.5. The molecule has 1 aliphatic carbocycles. The Kier molecular flexibility index (Phi) is 10.9. The van der Waals surface area contributed by atoms with Crippen molar-refractivity contribution in [1.29, 1.82) is 0 Å². The van der Waals surface area contributed by atoms with Crippen molar-refractivity contribution in [3.63, 3.8) is 0 Å². The first kappa shape index (κ1) is 40.1. The highest BCUT2D eigenvalue weighted by molar-refractivity contribution is 7.13. The van der Waals surface area contributed by atoms with Crippen molar-refractivity contribution in [2.45, 2.75) is 64.1 Å². The predicted molar refractivity (Wildman–Crippen MR) is 227 cm³/mol. The summed E-state index contributed by atoms with van der Waals surface area (Å²) in [7, 11) is 0. The number of ether oxygens (including phenoxy) is 1. The van der Waals surface area contributed by atoms with E-state index >= 15 is 0 Å². The summed E-state index contributed by atoms with van der Waals surface area (Å²) in [6.45, 7) is 10.8. The summed E-state index contributed by atoms with van der Waals surface area (Å²) in [6.07, 6.45) is -0.673. The van der Waals surface area contributed by atoms with Gasteiger partial charge in [0.25, 0.3) is 5.88 Å². The zero-order valence-electron chi connectivity index (χ0n) is 33.7. The quantitative estimate of drug-likeness (QED) is 0.0970. The number of hydrogen-bond donors (Lipinski definition) is 4. The lowest BCUT2D eigenvalue weighted by molar-refractivity contribution is -0.141. The zero-order chi connectivity index (χ0) is 41.8. The van der Waals surface area contributed by atoms with Crippen molar-refractivity contribution in [3.8, 4) is 33.3 Å². The number of rotatable bonds is 13. The third kappa shape index (κ3) is 7.75. The highest BCUT2D eigenvalue weighted by Crippen LogP contribution is 2.58. The number of carbonyl (C=O) groups is 2. The molecule has 2 amide bonds. The van der Waals surface area contributed by atoms with E-state index in [1.807, 2.05) is 63.5 Å². The van der Waals surface area contributed by atoms with Crippen molar-refractivity contribution >= 4 is 45.8 Å². The molecule has 2 aliphatic heterocycles. The van der Waals surface area contributed by atoms with Crippen molar-refractivity contribution in [2.75, 3.05) is 32.8 Å². The van der Waals surface area contributed by atoms with Crippen LogP contribution in [0.2, 0.25) is 5.02 Å². The van der Waals surface area contributed by atoms with Crippen molar-refractivity contribution in [2.24, 2.45) is 17.8 Å². The Morgan fingerprint density at radius 1 is 1.07 bits per heavy atom. The summed E-state index contributed by atoms with van der Waals surface area (Å²) in [4.78, 5) is 40.6. The number of β-amino-alcohol motifs (C(OH)–C–C–N with tert-alkyl or cyclic N) is 1. The minimum absolute atomic E-state index is 0.00868. The molecule has 3 fully saturated rings. The Hall–Kier alpha value is -5.35. The van der Waals surface area contributed by atoms with Crippen molar-refractivity contribution < 1.29 is 29.1 Å². The largest absolute Gasteiger partial charge is 0.506 e. The molecule has 0 bridgehead atoms. The van der Waals surface area contributed by atoms with E-state index < -0.39 is 18.1 Å². The molecule has 6 aromatic rings. The van der Waals surface area contributed by atoms with E-state index in [9.17, 15) is 19.8 Å². The van der Waals surface area contributed by atoms with Gasteiger partial charge in [-0.05, 0) is 72.2 Å². The number of phenolic OH excluding ortho intramolecular Hbond substituents is 1. The zero-order valence-corrected chi connectivity index (χ0v) is 35.3. The van der Waals surface area contributed by atoms with Gasteiger partial charge in [0.2, 0.25) is 11.8 Å². The summed E-state index contributed by atoms with van der Waals surface area (Å²) in [5, 5.41) is 38.2. The lowest BCUT2D eigenvalue weighted by Gasteiger charge is -2.29. The number of amides is 2. The second kappa shape index (κ2) is 16.3. The number of aromatic hydroxyl groups is 1. The second-order valence-corrected chi connectivity index (χ2v) is 17.9. The molecule has 16 heteroatoms. The van der Waals surface area contributed by atoms with E-state index in [1.54, 1.807) is 35.6 Å². The standard InChI is InChI=1S/C44H47ClN8O6S/c1-22(2)38(44(57)53-18-28(54)16-35(53)43(56)47-23(3)25-8-10-26(11-9-25)41-24(4)46-21-60-41)36-17-37(51-59-36)58-13-12-52-19-30-31(20-52)39(30)34-15-27-14-33(49-50-42(27)48-34)29-6-5-7-32(45)40(29)55/h5-11,14-15,17,21-23,28,30-31,35,38-39,54-55H,12-13,16,18-20H2,1-4H3,(H,47,56)(H,48,50)/t23-,28+,30-,31+,35-,38+,39?/m0/s1. The van der Waals surface area contributed by atoms with Crippen LogP contribution in [0.15, 0.2) is 70.7 Å². The van der Waals surface area contributed by atoms with Crippen LogP contribution in [0.25, 0.3) is 32.7 Å². The molecule has 9 rings (SSSR count). The van der Waals surface area contributed by atoms with Gasteiger partial charge in [-0.1, -0.05) is 55.8 Å². The molecule has 2 aromatic carbocycles. The Morgan fingerprint density at radius 3 is 2.58 bits per heavy atom. The molecule has 14 nitrogen and oxygen atoms in total. The maximum atomic E-state index is 14.2. The SMILES string of the molecule is Cc1ncsc1-c1ccc([C@H](C)NC(=O)[C@@H]2C[C@@H](O)CN2C(=O)[C@@H](c2cc(OCCN3C[C@@H]4C(c5cc6cc(-c7cccc(Cl)c7O)nnc6[nH]5)[C@@H]4C3)no2)C(C)C)cc1. The number of nitrogens with zero attached hydrogens (tertiary/aromatic N) is 6. The van der Waals surface area contributed by atoms with Gasteiger partial charge in [0.1, 0.15) is 24.3 Å². The number of H-pyrrole nitrogens is 1. The Labute approximate surface area is 355 Å². The normalized spacial score (nSPS) is 22.3. The van der Waals surface area contributed by atoms with Gasteiger partial charge in [0.15, 0.2) is 11.4 Å². The molecule has 4 aromatic heterocycles. The monoisotopic (exact) mass is 850 g/mol. The molecule has 6 heterocycles. The Bertz CT molecular complexity index is 2530. The second-order valence-electron chi connectivity index (χ2n) is 16.7. The molecule has 3 aliphatic rings. The highest BCUT2D eigenvalue weighted by Gasteiger charge is 2.56. The maximum absolute atomic E-state index is 14.2. The Balaban J connectivity index is 0.772. The van der Waals surface area contributed by atoms with Crippen LogP contribution in [-0.4, -0.2) is 102 Å². The number of para-hydroxylation sites is 1. The van der Waals surface area contributed by atoms with E-state index in [2.05, 4.69) is 41.6 Å². The first-order valence-corrected chi connectivity index (χ1v) is 21.6. The molecule has 7 atom stereocenters. The molecule has 0 spiro atoms. The first-order valence-electron chi connectivity index (χ1n) is 20.4. The molecule has 1 unspecified atom stereocenters. The van der Waals surface area contributed by atoms with Gasteiger partial charge in [-0.15, -0.1) is 21.5 Å². The van der Waals surface area contributed by atoms with E-state index in [-0.39, 0.29) is 47.5 Å². The fraction of sp³-hybridized carbons (Fsp3) is 0.409. The maximum Gasteiger partial charge on any atom is 0.254 e. The third-order valence-corrected chi connectivity index (χ3v) is 13.6. The van der Waals surface area contributed by atoms with Crippen molar-refractivity contribution in [1.82, 2.24) is 40.4 Å². The number of phenols is 1. The van der Waals surface area contributed by atoms with Crippen LogP contribution in [0.4, 0.5) is 0 Å². The number of aromatic amines is 1.